The van der Waals surface area contributed by atoms with E-state index < -0.39 is 0 Å². The Balaban J connectivity index is 1.73. The fourth-order valence-corrected chi connectivity index (χ4v) is 2.85. The average Bonchev–Trinajstić information content (AvgIpc) is 2.88. The first-order chi connectivity index (χ1) is 10.5. The third-order valence-electron chi connectivity index (χ3n) is 4.04. The maximum absolute atomic E-state index is 13.0. The van der Waals surface area contributed by atoms with Crippen LogP contribution in [0.3, 0.4) is 0 Å². The summed E-state index contributed by atoms with van der Waals surface area (Å²) in [5, 5.41) is 7.47. The highest BCUT2D eigenvalue weighted by atomic mass is 19.1. The quantitative estimate of drug-likeness (QED) is 0.927. The molecule has 0 bridgehead atoms. The standard InChI is InChI=1S/C16H19FN4O/c1-20-10-13-14(4-3-5-15(13)19-20)18-16(22)21(2)12-8-6-11(17)7-9-12/h6-10,14H,3-5H2,1-2H3,(H,18,22). The highest BCUT2D eigenvalue weighted by molar-refractivity contribution is 5.91. The molecule has 1 atom stereocenters. The topological polar surface area (TPSA) is 50.2 Å². The van der Waals surface area contributed by atoms with Gasteiger partial charge >= 0.3 is 6.03 Å². The van der Waals surface area contributed by atoms with Gasteiger partial charge in [-0.2, -0.15) is 5.10 Å². The molecule has 116 valence electrons. The molecular formula is C16H19FN4O. The molecule has 5 nitrogen and oxygen atoms in total. The van der Waals surface area contributed by atoms with Gasteiger partial charge in [0.1, 0.15) is 5.82 Å². The van der Waals surface area contributed by atoms with Crippen LogP contribution in [0.1, 0.15) is 30.1 Å². The van der Waals surface area contributed by atoms with Gasteiger partial charge < -0.3 is 5.32 Å². The van der Waals surface area contributed by atoms with E-state index in [1.165, 1.54) is 17.0 Å². The zero-order valence-corrected chi connectivity index (χ0v) is 12.7. The lowest BCUT2D eigenvalue weighted by Gasteiger charge is -2.26. The summed E-state index contributed by atoms with van der Waals surface area (Å²) in [4.78, 5) is 13.9. The van der Waals surface area contributed by atoms with Gasteiger partial charge in [-0.3, -0.25) is 9.58 Å². The largest absolute Gasteiger partial charge is 0.331 e. The van der Waals surface area contributed by atoms with Crippen molar-refractivity contribution in [3.05, 3.63) is 47.5 Å². The summed E-state index contributed by atoms with van der Waals surface area (Å²) < 4.78 is 14.8. The summed E-state index contributed by atoms with van der Waals surface area (Å²) in [7, 11) is 3.57. The number of fused-ring (bicyclic) bond motifs is 1. The molecule has 1 aromatic heterocycles. The van der Waals surface area contributed by atoms with Crippen LogP contribution in [0, 0.1) is 5.82 Å². The van der Waals surface area contributed by atoms with E-state index in [4.69, 9.17) is 0 Å². The number of aromatic nitrogens is 2. The molecule has 1 heterocycles. The molecule has 1 aliphatic carbocycles. The smallest absolute Gasteiger partial charge is 0.322 e. The van der Waals surface area contributed by atoms with Crippen LogP contribution in [-0.4, -0.2) is 22.9 Å². The number of aryl methyl sites for hydroxylation is 2. The molecule has 0 saturated carbocycles. The fourth-order valence-electron chi connectivity index (χ4n) is 2.85. The number of benzene rings is 1. The van der Waals surface area contributed by atoms with Crippen molar-refractivity contribution in [2.45, 2.75) is 25.3 Å². The minimum absolute atomic E-state index is 0.0205. The summed E-state index contributed by atoms with van der Waals surface area (Å²) in [5.74, 6) is -0.315. The number of halogens is 1. The number of carbonyl (C=O) groups excluding carboxylic acids is 1. The van der Waals surface area contributed by atoms with Crippen LogP contribution in [0.4, 0.5) is 14.9 Å². The second-order valence-electron chi connectivity index (χ2n) is 5.63. The predicted molar refractivity (Wildman–Crippen MR) is 82.2 cm³/mol. The Hall–Kier alpha value is -2.37. The summed E-state index contributed by atoms with van der Waals surface area (Å²) in [6.45, 7) is 0. The second kappa shape index (κ2) is 5.79. The molecule has 0 fully saturated rings. The maximum Gasteiger partial charge on any atom is 0.322 e. The van der Waals surface area contributed by atoms with Crippen molar-refractivity contribution >= 4 is 11.7 Å². The molecule has 0 radical (unpaired) electrons. The highest BCUT2D eigenvalue weighted by Crippen LogP contribution is 2.29. The molecule has 1 aliphatic rings. The number of hydrogen-bond acceptors (Lipinski definition) is 2. The number of anilines is 1. The number of rotatable bonds is 2. The molecule has 1 aromatic carbocycles. The zero-order chi connectivity index (χ0) is 15.7. The summed E-state index contributed by atoms with van der Waals surface area (Å²) in [5.41, 5.74) is 2.80. The maximum atomic E-state index is 13.0. The molecule has 0 aliphatic heterocycles. The van der Waals surface area contributed by atoms with E-state index in [-0.39, 0.29) is 17.9 Å². The van der Waals surface area contributed by atoms with Gasteiger partial charge in [-0.05, 0) is 43.5 Å². The van der Waals surface area contributed by atoms with Gasteiger partial charge in [0.15, 0.2) is 0 Å². The Bertz CT molecular complexity index is 680. The SMILES string of the molecule is CN(C(=O)NC1CCCc2nn(C)cc21)c1ccc(F)cc1. The number of nitrogens with zero attached hydrogens (tertiary/aromatic N) is 3. The lowest BCUT2D eigenvalue weighted by Crippen LogP contribution is -2.40. The third-order valence-corrected chi connectivity index (χ3v) is 4.04. The van der Waals surface area contributed by atoms with E-state index in [0.29, 0.717) is 5.69 Å². The van der Waals surface area contributed by atoms with Crippen molar-refractivity contribution in [1.29, 1.82) is 0 Å². The Morgan fingerprint density at radius 1 is 1.41 bits per heavy atom. The van der Waals surface area contributed by atoms with Gasteiger partial charge in [-0.25, -0.2) is 9.18 Å². The molecule has 3 rings (SSSR count). The van der Waals surface area contributed by atoms with Crippen molar-refractivity contribution in [3.8, 4) is 0 Å². The number of carbonyl (C=O) groups is 1. The predicted octanol–water partition coefficient (Wildman–Crippen LogP) is 2.78. The van der Waals surface area contributed by atoms with Crippen molar-refractivity contribution in [3.63, 3.8) is 0 Å². The number of hydrogen-bond donors (Lipinski definition) is 1. The van der Waals surface area contributed by atoms with Gasteiger partial charge in [0.2, 0.25) is 0 Å². The van der Waals surface area contributed by atoms with Crippen LogP contribution in [-0.2, 0) is 13.5 Å². The van der Waals surface area contributed by atoms with Crippen molar-refractivity contribution in [1.82, 2.24) is 15.1 Å². The second-order valence-corrected chi connectivity index (χ2v) is 5.63. The van der Waals surface area contributed by atoms with Crippen molar-refractivity contribution in [2.24, 2.45) is 7.05 Å². The van der Waals surface area contributed by atoms with Crippen LogP contribution in [0.2, 0.25) is 0 Å². The molecular weight excluding hydrogens is 283 g/mol. The lowest BCUT2D eigenvalue weighted by molar-refractivity contribution is 0.242. The van der Waals surface area contributed by atoms with E-state index in [1.807, 2.05) is 13.2 Å². The summed E-state index contributed by atoms with van der Waals surface area (Å²) in [6.07, 6.45) is 4.84. The molecule has 2 amide bonds. The van der Waals surface area contributed by atoms with Gasteiger partial charge in [0.25, 0.3) is 0 Å². The van der Waals surface area contributed by atoms with Crippen molar-refractivity contribution < 1.29 is 9.18 Å². The van der Waals surface area contributed by atoms with Crippen LogP contribution < -0.4 is 10.2 Å². The lowest BCUT2D eigenvalue weighted by atomic mass is 9.93. The van der Waals surface area contributed by atoms with Crippen LogP contribution >= 0.6 is 0 Å². The normalized spacial score (nSPS) is 17.0. The Labute approximate surface area is 128 Å². The average molecular weight is 302 g/mol. The first-order valence-corrected chi connectivity index (χ1v) is 7.37. The van der Waals surface area contributed by atoms with E-state index in [9.17, 15) is 9.18 Å². The van der Waals surface area contributed by atoms with Gasteiger partial charge in [-0.15, -0.1) is 0 Å². The van der Waals surface area contributed by atoms with Crippen LogP contribution in [0.5, 0.6) is 0 Å². The molecule has 1 unspecified atom stereocenters. The molecule has 6 heteroatoms. The summed E-state index contributed by atoms with van der Waals surface area (Å²) >= 11 is 0. The van der Waals surface area contributed by atoms with Crippen LogP contribution in [0.25, 0.3) is 0 Å². The number of amides is 2. The van der Waals surface area contributed by atoms with Gasteiger partial charge in [0.05, 0.1) is 11.7 Å². The van der Waals surface area contributed by atoms with E-state index in [2.05, 4.69) is 10.4 Å². The Morgan fingerprint density at radius 3 is 2.86 bits per heavy atom. The van der Waals surface area contributed by atoms with Gasteiger partial charge in [-0.1, -0.05) is 0 Å². The highest BCUT2D eigenvalue weighted by Gasteiger charge is 2.25. The molecule has 1 N–H and O–H groups in total. The van der Waals surface area contributed by atoms with E-state index in [0.717, 1.165) is 30.5 Å². The minimum Gasteiger partial charge on any atom is -0.331 e. The Morgan fingerprint density at radius 2 is 2.14 bits per heavy atom. The summed E-state index contributed by atoms with van der Waals surface area (Å²) in [6, 6.07) is 5.65. The van der Waals surface area contributed by atoms with E-state index >= 15 is 0 Å². The van der Waals surface area contributed by atoms with E-state index in [1.54, 1.807) is 23.9 Å². The molecule has 0 saturated heterocycles. The first-order valence-electron chi connectivity index (χ1n) is 7.37. The number of urea groups is 1. The number of nitrogens with one attached hydrogen (secondary N) is 1. The Kier molecular flexibility index (Phi) is 3.83. The zero-order valence-electron chi connectivity index (χ0n) is 12.7. The minimum atomic E-state index is -0.315. The molecule has 2 aromatic rings. The van der Waals surface area contributed by atoms with Crippen molar-refractivity contribution in [2.75, 3.05) is 11.9 Å². The third kappa shape index (κ3) is 2.81. The van der Waals surface area contributed by atoms with Gasteiger partial charge in [0, 0.05) is 31.5 Å². The fraction of sp³-hybridized carbons (Fsp3) is 0.375. The molecule has 22 heavy (non-hydrogen) atoms. The van der Waals surface area contributed by atoms with Crippen LogP contribution in [0.15, 0.2) is 30.5 Å². The molecule has 0 spiro atoms. The monoisotopic (exact) mass is 302 g/mol. The first kappa shape index (κ1) is 14.6.